The number of carboxylic acid groups (broad SMARTS) is 1. The van der Waals surface area contributed by atoms with Crippen molar-refractivity contribution in [2.24, 2.45) is 0 Å². The fourth-order valence-corrected chi connectivity index (χ4v) is 1.24. The monoisotopic (exact) mass is 264 g/mol. The summed E-state index contributed by atoms with van der Waals surface area (Å²) in [6.45, 7) is 3.31. The first-order valence-corrected chi connectivity index (χ1v) is 6.76. The number of rotatable bonds is 11. The lowest BCUT2D eigenvalue weighted by atomic mass is 10.2. The standard InChI is InChI=1S/C16H24O3/c1-2-3-4-5-6-7-8-11-14-19-15-12-9-10-13-16(17)18/h4-5,7-8,10,12H,2-3,6,11,13-15H2,1H3,(H,17,18)/b5-4-,8-7-. The second kappa shape index (κ2) is 14.5. The third-order valence-corrected chi connectivity index (χ3v) is 2.20. The van der Waals surface area contributed by atoms with E-state index in [4.69, 9.17) is 9.84 Å². The van der Waals surface area contributed by atoms with Gasteiger partial charge in [-0.05, 0) is 31.4 Å². The van der Waals surface area contributed by atoms with E-state index in [1.807, 2.05) is 0 Å². The van der Waals surface area contributed by atoms with Gasteiger partial charge >= 0.3 is 5.97 Å². The highest BCUT2D eigenvalue weighted by Crippen LogP contribution is 1.94. The Hall–Kier alpha value is -1.57. The third-order valence-electron chi connectivity index (χ3n) is 2.20. The van der Waals surface area contributed by atoms with Crippen molar-refractivity contribution in [2.45, 2.75) is 39.0 Å². The molecule has 1 N–H and O–H groups in total. The zero-order chi connectivity index (χ0) is 14.2. The van der Waals surface area contributed by atoms with Crippen LogP contribution in [0.3, 0.4) is 0 Å². The second-order valence-electron chi connectivity index (χ2n) is 4.00. The molecule has 0 fully saturated rings. The number of carboxylic acids is 1. The molecule has 0 unspecified atom stereocenters. The summed E-state index contributed by atoms with van der Waals surface area (Å²) in [4.78, 5) is 10.2. The predicted octanol–water partition coefficient (Wildman–Crippen LogP) is 3.88. The molecule has 0 bridgehead atoms. The fourth-order valence-electron chi connectivity index (χ4n) is 1.24. The minimum atomic E-state index is -0.847. The van der Waals surface area contributed by atoms with Gasteiger partial charge < -0.3 is 9.84 Å². The van der Waals surface area contributed by atoms with Crippen LogP contribution in [0.2, 0.25) is 0 Å². The number of unbranched alkanes of at least 4 members (excludes halogenated alkanes) is 1. The SMILES string of the molecule is CCC/C=C\C/C=C\CCOCC=C=CCC(=O)O. The number of hydrogen-bond acceptors (Lipinski definition) is 2. The van der Waals surface area contributed by atoms with Crippen LogP contribution in [0.25, 0.3) is 0 Å². The van der Waals surface area contributed by atoms with Crippen molar-refractivity contribution in [3.8, 4) is 0 Å². The molecule has 0 heterocycles. The molecule has 19 heavy (non-hydrogen) atoms. The predicted molar refractivity (Wildman–Crippen MR) is 78.1 cm³/mol. The maximum Gasteiger partial charge on any atom is 0.307 e. The summed E-state index contributed by atoms with van der Waals surface area (Å²) in [5, 5.41) is 8.38. The maximum atomic E-state index is 10.2. The van der Waals surface area contributed by atoms with Gasteiger partial charge in [-0.1, -0.05) is 37.6 Å². The van der Waals surface area contributed by atoms with Crippen LogP contribution in [0.15, 0.2) is 42.2 Å². The molecule has 0 amide bonds. The van der Waals surface area contributed by atoms with E-state index in [0.29, 0.717) is 13.2 Å². The van der Waals surface area contributed by atoms with Crippen LogP contribution in [0.1, 0.15) is 39.0 Å². The molecule has 0 aromatic rings. The molecule has 3 heteroatoms. The van der Waals surface area contributed by atoms with Gasteiger partial charge in [0.15, 0.2) is 0 Å². The smallest absolute Gasteiger partial charge is 0.307 e. The minimum Gasteiger partial charge on any atom is -0.481 e. The van der Waals surface area contributed by atoms with Crippen LogP contribution in [0, 0.1) is 0 Å². The number of aliphatic carboxylic acids is 1. The van der Waals surface area contributed by atoms with Crippen molar-refractivity contribution in [2.75, 3.05) is 13.2 Å². The van der Waals surface area contributed by atoms with E-state index in [-0.39, 0.29) is 6.42 Å². The highest BCUT2D eigenvalue weighted by atomic mass is 16.5. The summed E-state index contributed by atoms with van der Waals surface area (Å²) in [5.74, 6) is -0.847. The van der Waals surface area contributed by atoms with Gasteiger partial charge in [0.05, 0.1) is 19.6 Å². The molecule has 0 rings (SSSR count). The molecule has 0 saturated heterocycles. The van der Waals surface area contributed by atoms with E-state index < -0.39 is 5.97 Å². The average molecular weight is 264 g/mol. The normalized spacial score (nSPS) is 10.8. The number of allylic oxidation sites excluding steroid dienone is 3. The van der Waals surface area contributed by atoms with Crippen LogP contribution < -0.4 is 0 Å². The van der Waals surface area contributed by atoms with E-state index in [1.165, 1.54) is 12.5 Å². The first-order valence-electron chi connectivity index (χ1n) is 6.76. The Labute approximate surface area is 116 Å². The van der Waals surface area contributed by atoms with Gasteiger partial charge in [0.25, 0.3) is 0 Å². The zero-order valence-electron chi connectivity index (χ0n) is 11.7. The summed E-state index contributed by atoms with van der Waals surface area (Å²) in [7, 11) is 0. The van der Waals surface area contributed by atoms with E-state index >= 15 is 0 Å². The molecule has 0 aliphatic rings. The van der Waals surface area contributed by atoms with Gasteiger partial charge in [-0.2, -0.15) is 0 Å². The number of hydrogen-bond donors (Lipinski definition) is 1. The van der Waals surface area contributed by atoms with E-state index in [0.717, 1.165) is 19.3 Å². The van der Waals surface area contributed by atoms with Crippen molar-refractivity contribution in [1.29, 1.82) is 0 Å². The minimum absolute atomic E-state index is 0.00475. The molecular weight excluding hydrogens is 240 g/mol. The quantitative estimate of drug-likeness (QED) is 0.350. The first kappa shape index (κ1) is 17.4. The van der Waals surface area contributed by atoms with Crippen molar-refractivity contribution in [3.63, 3.8) is 0 Å². The lowest BCUT2D eigenvalue weighted by molar-refractivity contribution is -0.135. The van der Waals surface area contributed by atoms with Crippen LogP contribution in [-0.2, 0) is 9.53 Å². The van der Waals surface area contributed by atoms with E-state index in [1.54, 1.807) is 6.08 Å². The lowest BCUT2D eigenvalue weighted by Crippen LogP contribution is -1.92. The molecule has 0 aliphatic carbocycles. The molecule has 106 valence electrons. The number of carbonyl (C=O) groups is 1. The molecule has 0 spiro atoms. The van der Waals surface area contributed by atoms with Crippen molar-refractivity contribution in [3.05, 3.63) is 42.2 Å². The highest BCUT2D eigenvalue weighted by molar-refractivity contribution is 5.68. The second-order valence-corrected chi connectivity index (χ2v) is 4.00. The summed E-state index contributed by atoms with van der Waals surface area (Å²) < 4.78 is 5.33. The van der Waals surface area contributed by atoms with Crippen molar-refractivity contribution >= 4 is 5.97 Å². The Kier molecular flexibility index (Phi) is 13.3. The maximum absolute atomic E-state index is 10.2. The van der Waals surface area contributed by atoms with E-state index in [9.17, 15) is 4.79 Å². The third kappa shape index (κ3) is 16.4. The molecule has 0 aromatic carbocycles. The van der Waals surface area contributed by atoms with Crippen molar-refractivity contribution in [1.82, 2.24) is 0 Å². The summed E-state index contributed by atoms with van der Waals surface area (Å²) in [6, 6.07) is 0. The van der Waals surface area contributed by atoms with Gasteiger partial charge in [0, 0.05) is 0 Å². The van der Waals surface area contributed by atoms with Gasteiger partial charge in [-0.25, -0.2) is 0 Å². The lowest BCUT2D eigenvalue weighted by Gasteiger charge is -1.95. The Morgan fingerprint density at radius 1 is 1.16 bits per heavy atom. The van der Waals surface area contributed by atoms with Gasteiger partial charge in [-0.3, -0.25) is 4.79 Å². The van der Waals surface area contributed by atoms with Crippen LogP contribution >= 0.6 is 0 Å². The highest BCUT2D eigenvalue weighted by Gasteiger charge is 1.86. The van der Waals surface area contributed by atoms with Crippen LogP contribution in [0.5, 0.6) is 0 Å². The summed E-state index contributed by atoms with van der Waals surface area (Å²) >= 11 is 0. The molecular formula is C16H24O3. The Balaban J connectivity index is 3.37. The zero-order valence-corrected chi connectivity index (χ0v) is 11.7. The first-order chi connectivity index (χ1) is 9.27. The summed E-state index contributed by atoms with van der Waals surface area (Å²) in [5.41, 5.74) is 2.76. The Morgan fingerprint density at radius 2 is 1.89 bits per heavy atom. The van der Waals surface area contributed by atoms with Gasteiger partial charge in [-0.15, -0.1) is 5.73 Å². The Morgan fingerprint density at radius 3 is 2.58 bits per heavy atom. The average Bonchev–Trinajstić information content (AvgIpc) is 2.39. The van der Waals surface area contributed by atoms with Gasteiger partial charge in [0.1, 0.15) is 0 Å². The van der Waals surface area contributed by atoms with Crippen LogP contribution in [-0.4, -0.2) is 24.3 Å². The molecule has 0 aliphatic heterocycles. The largest absolute Gasteiger partial charge is 0.481 e. The Bertz CT molecular complexity index is 334. The van der Waals surface area contributed by atoms with Crippen LogP contribution in [0.4, 0.5) is 0 Å². The van der Waals surface area contributed by atoms with Crippen molar-refractivity contribution < 1.29 is 14.6 Å². The topological polar surface area (TPSA) is 46.5 Å². The molecule has 0 radical (unpaired) electrons. The van der Waals surface area contributed by atoms with E-state index in [2.05, 4.69) is 37.0 Å². The molecule has 0 aromatic heterocycles. The fraction of sp³-hybridized carbons (Fsp3) is 0.500. The molecule has 3 nitrogen and oxygen atoms in total. The molecule has 0 atom stereocenters. The summed E-state index contributed by atoms with van der Waals surface area (Å²) in [6.07, 6.45) is 16.0. The molecule has 0 saturated carbocycles. The van der Waals surface area contributed by atoms with Gasteiger partial charge in [0.2, 0.25) is 0 Å². The number of ether oxygens (including phenoxy) is 1.